The zero-order valence-electron chi connectivity index (χ0n) is 14.9. The van der Waals surface area contributed by atoms with E-state index in [1.807, 2.05) is 23.7 Å². The van der Waals surface area contributed by atoms with E-state index in [9.17, 15) is 9.90 Å². The van der Waals surface area contributed by atoms with Crippen molar-refractivity contribution < 1.29 is 14.8 Å². The molecule has 1 aliphatic heterocycles. The maximum Gasteiger partial charge on any atom is 0.270 e. The van der Waals surface area contributed by atoms with Crippen molar-refractivity contribution in [1.29, 1.82) is 0 Å². The molecule has 1 atom stereocenters. The van der Waals surface area contributed by atoms with E-state index in [0.717, 1.165) is 48.2 Å². The number of likely N-dealkylation sites (N-methyl/N-ethyl adjacent to an activating group) is 2. The number of carbonyl (C=O) groups excluding carboxylic acids is 1. The molecule has 1 aromatic carbocycles. The smallest absolute Gasteiger partial charge is 0.270 e. The number of hydrogen-bond acceptors (Lipinski definition) is 2. The zero-order chi connectivity index (χ0) is 17.3. The monoisotopic (exact) mass is 330 g/mol. The van der Waals surface area contributed by atoms with Crippen molar-refractivity contribution >= 4 is 16.8 Å². The molecule has 2 aromatic rings. The molecular formula is C19H28N3O2+. The lowest BCUT2D eigenvalue weighted by Gasteiger charge is -2.25. The average molecular weight is 330 g/mol. The summed E-state index contributed by atoms with van der Waals surface area (Å²) < 4.78 is 2.04. The summed E-state index contributed by atoms with van der Waals surface area (Å²) >= 11 is 0. The van der Waals surface area contributed by atoms with Crippen molar-refractivity contribution in [3.05, 3.63) is 35.5 Å². The minimum Gasteiger partial charge on any atom is -0.385 e. The van der Waals surface area contributed by atoms with Gasteiger partial charge in [-0.3, -0.25) is 4.79 Å². The first kappa shape index (κ1) is 17.0. The fourth-order valence-electron chi connectivity index (χ4n) is 3.77. The third kappa shape index (κ3) is 2.94. The molecule has 0 fully saturated rings. The lowest BCUT2D eigenvalue weighted by molar-refractivity contribution is -0.899. The molecule has 0 radical (unpaired) electrons. The molecule has 0 saturated carbocycles. The number of nitrogens with zero attached hydrogens (tertiary/aromatic N) is 2. The summed E-state index contributed by atoms with van der Waals surface area (Å²) in [6.07, 6.45) is 0.419. The molecule has 5 heteroatoms. The van der Waals surface area contributed by atoms with Crippen molar-refractivity contribution in [1.82, 2.24) is 9.47 Å². The van der Waals surface area contributed by atoms with Crippen LogP contribution in [0.4, 0.5) is 0 Å². The maximum absolute atomic E-state index is 12.7. The molecule has 1 aromatic heterocycles. The highest BCUT2D eigenvalue weighted by atomic mass is 16.3. The van der Waals surface area contributed by atoms with Gasteiger partial charge in [-0.25, -0.2) is 0 Å². The first-order valence-electron chi connectivity index (χ1n) is 8.94. The van der Waals surface area contributed by atoms with Gasteiger partial charge >= 0.3 is 0 Å². The number of hydrogen-bond donors (Lipinski definition) is 2. The number of benzene rings is 1. The van der Waals surface area contributed by atoms with Crippen LogP contribution in [-0.4, -0.2) is 59.8 Å². The fourth-order valence-corrected chi connectivity index (χ4v) is 3.77. The first-order valence-corrected chi connectivity index (χ1v) is 8.94. The van der Waals surface area contributed by atoms with E-state index < -0.39 is 6.10 Å². The van der Waals surface area contributed by atoms with Crippen LogP contribution in [0.3, 0.4) is 0 Å². The lowest BCUT2D eigenvalue weighted by Crippen LogP contribution is -3.12. The van der Waals surface area contributed by atoms with E-state index in [1.165, 1.54) is 4.90 Å². The molecule has 3 rings (SSSR count). The molecular weight excluding hydrogens is 302 g/mol. The molecule has 130 valence electrons. The van der Waals surface area contributed by atoms with Gasteiger partial charge in [0.1, 0.15) is 18.3 Å². The molecule has 0 aliphatic carbocycles. The van der Waals surface area contributed by atoms with Crippen LogP contribution in [0.5, 0.6) is 0 Å². The molecule has 0 bridgehead atoms. The van der Waals surface area contributed by atoms with Gasteiger partial charge in [0.15, 0.2) is 0 Å². The van der Waals surface area contributed by atoms with Crippen LogP contribution in [0.2, 0.25) is 0 Å². The van der Waals surface area contributed by atoms with Gasteiger partial charge in [0.2, 0.25) is 0 Å². The van der Waals surface area contributed by atoms with Crippen molar-refractivity contribution in [3.63, 3.8) is 0 Å². The van der Waals surface area contributed by atoms with Gasteiger partial charge < -0.3 is 19.5 Å². The summed E-state index contributed by atoms with van der Waals surface area (Å²) in [7, 11) is 1.85. The SMILES string of the molecule is CC[NH+](CC)CC(O)Cn1c2c(c3ccccc31)CCN(C)C2=O. The Hall–Kier alpha value is -1.85. The molecule has 1 amide bonds. The molecule has 0 spiro atoms. The van der Waals surface area contributed by atoms with Crippen molar-refractivity contribution in [2.24, 2.45) is 0 Å². The second-order valence-corrected chi connectivity index (χ2v) is 6.75. The number of aliphatic hydroxyl groups is 1. The molecule has 24 heavy (non-hydrogen) atoms. The number of fused-ring (bicyclic) bond motifs is 3. The van der Waals surface area contributed by atoms with E-state index in [1.54, 1.807) is 4.90 Å². The van der Waals surface area contributed by atoms with Crippen LogP contribution >= 0.6 is 0 Å². The fraction of sp³-hybridized carbons (Fsp3) is 0.526. The van der Waals surface area contributed by atoms with Gasteiger partial charge in [0.05, 0.1) is 19.6 Å². The van der Waals surface area contributed by atoms with Crippen molar-refractivity contribution in [3.8, 4) is 0 Å². The van der Waals surface area contributed by atoms with Crippen LogP contribution in [0.15, 0.2) is 24.3 Å². The Kier molecular flexibility index (Phi) is 4.92. The highest BCUT2D eigenvalue weighted by molar-refractivity contribution is 6.02. The number of aliphatic hydroxyl groups excluding tert-OH is 1. The van der Waals surface area contributed by atoms with Gasteiger partial charge in [-0.05, 0) is 31.9 Å². The number of para-hydroxylation sites is 1. The summed E-state index contributed by atoms with van der Waals surface area (Å²) in [6, 6.07) is 8.16. The minimum absolute atomic E-state index is 0.0647. The van der Waals surface area contributed by atoms with Crippen LogP contribution in [0.25, 0.3) is 10.9 Å². The summed E-state index contributed by atoms with van der Waals surface area (Å²) in [5.41, 5.74) is 2.95. The first-order chi connectivity index (χ1) is 11.6. The number of amides is 1. The predicted octanol–water partition coefficient (Wildman–Crippen LogP) is 0.555. The summed E-state index contributed by atoms with van der Waals surface area (Å²) in [5.74, 6) is 0.0647. The summed E-state index contributed by atoms with van der Waals surface area (Å²) in [4.78, 5) is 15.9. The highest BCUT2D eigenvalue weighted by Gasteiger charge is 2.29. The van der Waals surface area contributed by atoms with Crippen LogP contribution < -0.4 is 4.90 Å². The largest absolute Gasteiger partial charge is 0.385 e. The Morgan fingerprint density at radius 3 is 2.67 bits per heavy atom. The Bertz CT molecular complexity index is 734. The normalized spacial score (nSPS) is 16.0. The van der Waals surface area contributed by atoms with Gasteiger partial charge in [0.25, 0.3) is 5.91 Å². The average Bonchev–Trinajstić information content (AvgIpc) is 2.90. The maximum atomic E-state index is 12.7. The topological polar surface area (TPSA) is 49.9 Å². The number of aromatic nitrogens is 1. The van der Waals surface area contributed by atoms with Crippen LogP contribution in [0, 0.1) is 0 Å². The number of nitrogens with one attached hydrogen (secondary N) is 1. The third-order valence-corrected chi connectivity index (χ3v) is 5.24. The highest BCUT2D eigenvalue weighted by Crippen LogP contribution is 2.30. The van der Waals surface area contributed by atoms with E-state index in [0.29, 0.717) is 13.1 Å². The van der Waals surface area contributed by atoms with Crippen molar-refractivity contribution in [2.45, 2.75) is 32.9 Å². The van der Waals surface area contributed by atoms with Gasteiger partial charge in [-0.15, -0.1) is 0 Å². The molecule has 1 aliphatic rings. The van der Waals surface area contributed by atoms with E-state index in [-0.39, 0.29) is 5.91 Å². The number of rotatable bonds is 6. The Morgan fingerprint density at radius 2 is 1.96 bits per heavy atom. The standard InChI is InChI=1S/C19H27N3O2/c1-4-21(5-2)12-14(23)13-22-17-9-7-6-8-15(17)16-10-11-20(3)19(24)18(16)22/h6-9,14,23H,4-5,10-13H2,1-3H3/p+1. The Balaban J connectivity index is 1.99. The zero-order valence-corrected chi connectivity index (χ0v) is 14.9. The Labute approximate surface area is 143 Å². The molecule has 2 N–H and O–H groups in total. The molecule has 5 nitrogen and oxygen atoms in total. The Morgan fingerprint density at radius 1 is 1.25 bits per heavy atom. The molecule has 2 heterocycles. The van der Waals surface area contributed by atoms with E-state index in [2.05, 4.69) is 26.0 Å². The van der Waals surface area contributed by atoms with E-state index in [4.69, 9.17) is 0 Å². The second kappa shape index (κ2) is 6.95. The third-order valence-electron chi connectivity index (χ3n) is 5.24. The summed E-state index contributed by atoms with van der Waals surface area (Å²) in [6.45, 7) is 8.21. The quantitative estimate of drug-likeness (QED) is 0.813. The van der Waals surface area contributed by atoms with Crippen molar-refractivity contribution in [2.75, 3.05) is 33.2 Å². The second-order valence-electron chi connectivity index (χ2n) is 6.75. The lowest BCUT2D eigenvalue weighted by atomic mass is 10.0. The van der Waals surface area contributed by atoms with Gasteiger partial charge in [-0.1, -0.05) is 18.2 Å². The minimum atomic E-state index is -0.458. The van der Waals surface area contributed by atoms with Gasteiger partial charge in [-0.2, -0.15) is 0 Å². The predicted molar refractivity (Wildman–Crippen MR) is 95.5 cm³/mol. The number of quaternary nitrogens is 1. The van der Waals surface area contributed by atoms with Crippen LogP contribution in [0.1, 0.15) is 29.9 Å². The van der Waals surface area contributed by atoms with E-state index >= 15 is 0 Å². The van der Waals surface area contributed by atoms with Gasteiger partial charge in [0, 0.05) is 24.5 Å². The molecule has 0 saturated heterocycles. The summed E-state index contributed by atoms with van der Waals surface area (Å²) in [5, 5.41) is 11.7. The number of carbonyl (C=O) groups is 1. The van der Waals surface area contributed by atoms with Crippen LogP contribution in [-0.2, 0) is 13.0 Å². The molecule has 1 unspecified atom stereocenters.